The van der Waals surface area contributed by atoms with Crippen molar-refractivity contribution in [3.05, 3.63) is 52.3 Å². The van der Waals surface area contributed by atoms with Crippen LogP contribution in [0.3, 0.4) is 0 Å². The van der Waals surface area contributed by atoms with Gasteiger partial charge >= 0.3 is 6.18 Å². The number of carbonyl (C=O) groups is 1. The lowest BCUT2D eigenvalue weighted by atomic mass is 10.1. The first kappa shape index (κ1) is 18.9. The van der Waals surface area contributed by atoms with Crippen molar-refractivity contribution >= 4 is 22.6 Å². The number of fused-ring (bicyclic) bond motifs is 1. The summed E-state index contributed by atoms with van der Waals surface area (Å²) in [4.78, 5) is 16.6. The van der Waals surface area contributed by atoms with Crippen LogP contribution in [0.25, 0.3) is 11.0 Å². The quantitative estimate of drug-likeness (QED) is 0.741. The van der Waals surface area contributed by atoms with Gasteiger partial charge < -0.3 is 5.32 Å². The average Bonchev–Trinajstić information content (AvgIpc) is 2.86. The Morgan fingerprint density at radius 3 is 2.56 bits per heavy atom. The lowest BCUT2D eigenvalue weighted by molar-refractivity contribution is -0.136. The van der Waals surface area contributed by atoms with Crippen molar-refractivity contribution in [3.8, 4) is 0 Å². The fourth-order valence-corrected chi connectivity index (χ4v) is 3.02. The number of rotatable bonds is 3. The van der Waals surface area contributed by atoms with Crippen LogP contribution in [-0.2, 0) is 17.5 Å². The summed E-state index contributed by atoms with van der Waals surface area (Å²) in [6, 6.07) is 6.53. The monoisotopic (exact) mass is 376 g/mol. The molecule has 0 fully saturated rings. The maximum absolute atomic E-state index is 13.4. The molecule has 0 aliphatic heterocycles. The number of hydrogen-bond acceptors (Lipinski definition) is 3. The first-order chi connectivity index (χ1) is 12.6. The van der Waals surface area contributed by atoms with Gasteiger partial charge in [0.15, 0.2) is 5.65 Å². The highest BCUT2D eigenvalue weighted by atomic mass is 19.4. The molecule has 0 radical (unpaired) electrons. The maximum Gasteiger partial charge on any atom is 0.417 e. The Balaban J connectivity index is 1.97. The molecule has 3 rings (SSSR count). The third-order valence-corrected chi connectivity index (χ3v) is 4.48. The van der Waals surface area contributed by atoms with Crippen molar-refractivity contribution in [3.63, 3.8) is 0 Å². The molecule has 5 nitrogen and oxygen atoms in total. The van der Waals surface area contributed by atoms with E-state index in [0.717, 1.165) is 17.2 Å². The minimum atomic E-state index is -4.52. The summed E-state index contributed by atoms with van der Waals surface area (Å²) in [7, 11) is 0. The molecule has 3 aromatic rings. The predicted octanol–water partition coefficient (Wildman–Crippen LogP) is 4.32. The van der Waals surface area contributed by atoms with E-state index in [-0.39, 0.29) is 34.9 Å². The van der Waals surface area contributed by atoms with Crippen molar-refractivity contribution in [1.82, 2.24) is 14.8 Å². The summed E-state index contributed by atoms with van der Waals surface area (Å²) < 4.78 is 41.3. The Labute approximate surface area is 154 Å². The normalized spacial score (nSPS) is 11.8. The Bertz CT molecular complexity index is 1040. The second-order valence-electron chi connectivity index (χ2n) is 6.55. The molecular weight excluding hydrogens is 357 g/mol. The molecule has 0 bridgehead atoms. The molecule has 0 saturated heterocycles. The minimum Gasteiger partial charge on any atom is -0.324 e. The molecule has 2 aromatic heterocycles. The van der Waals surface area contributed by atoms with Gasteiger partial charge in [-0.3, -0.25) is 4.79 Å². The zero-order valence-corrected chi connectivity index (χ0v) is 15.4. The summed E-state index contributed by atoms with van der Waals surface area (Å²) in [6.45, 7) is 6.55. The fraction of sp³-hybridized carbons (Fsp3) is 0.316. The van der Waals surface area contributed by atoms with E-state index in [9.17, 15) is 18.0 Å². The van der Waals surface area contributed by atoms with Crippen LogP contribution in [0.1, 0.15) is 28.1 Å². The van der Waals surface area contributed by atoms with Crippen LogP contribution in [0.5, 0.6) is 0 Å². The van der Waals surface area contributed by atoms with Crippen LogP contribution < -0.4 is 5.32 Å². The molecule has 1 amide bonds. The Kier molecular flexibility index (Phi) is 4.67. The third kappa shape index (κ3) is 3.65. The number of pyridine rings is 1. The second-order valence-corrected chi connectivity index (χ2v) is 6.55. The van der Waals surface area contributed by atoms with Gasteiger partial charge in [0.1, 0.15) is 6.54 Å². The van der Waals surface area contributed by atoms with Gasteiger partial charge in [-0.1, -0.05) is 12.1 Å². The molecule has 142 valence electrons. The number of halogens is 3. The fourth-order valence-electron chi connectivity index (χ4n) is 3.02. The van der Waals surface area contributed by atoms with Crippen LogP contribution >= 0.6 is 0 Å². The Morgan fingerprint density at radius 2 is 1.89 bits per heavy atom. The first-order valence-electron chi connectivity index (χ1n) is 8.36. The van der Waals surface area contributed by atoms with E-state index in [4.69, 9.17) is 0 Å². The highest BCUT2D eigenvalue weighted by Crippen LogP contribution is 2.36. The molecule has 0 spiro atoms. The van der Waals surface area contributed by atoms with Crippen LogP contribution in [0, 0.1) is 27.7 Å². The highest BCUT2D eigenvalue weighted by molar-refractivity contribution is 5.92. The lowest BCUT2D eigenvalue weighted by Gasteiger charge is -2.11. The van der Waals surface area contributed by atoms with Crippen LogP contribution in [-0.4, -0.2) is 20.7 Å². The summed E-state index contributed by atoms with van der Waals surface area (Å²) in [5.74, 6) is -0.384. The van der Waals surface area contributed by atoms with Crippen LogP contribution in [0.4, 0.5) is 18.9 Å². The smallest absolute Gasteiger partial charge is 0.324 e. The standard InChI is InChI=1S/C19H19F3N4O/c1-10-6-5-7-15(12(10)3)24-16(27)9-26-18-17(13(4)25-26)14(19(20,21)22)8-11(2)23-18/h5-8H,9H2,1-4H3,(H,24,27). The number of benzene rings is 1. The molecule has 0 aliphatic rings. The van der Waals surface area contributed by atoms with Crippen molar-refractivity contribution in [2.75, 3.05) is 5.32 Å². The molecule has 1 aromatic carbocycles. The van der Waals surface area contributed by atoms with Crippen LogP contribution in [0.15, 0.2) is 24.3 Å². The number of alkyl halides is 3. The molecule has 27 heavy (non-hydrogen) atoms. The molecular formula is C19H19F3N4O. The number of nitrogens with one attached hydrogen (secondary N) is 1. The van der Waals surface area contributed by atoms with E-state index in [1.807, 2.05) is 26.0 Å². The van der Waals surface area contributed by atoms with E-state index in [2.05, 4.69) is 15.4 Å². The maximum atomic E-state index is 13.4. The van der Waals surface area contributed by atoms with Gasteiger partial charge in [0.2, 0.25) is 5.91 Å². The Morgan fingerprint density at radius 1 is 1.19 bits per heavy atom. The predicted molar refractivity (Wildman–Crippen MR) is 96.5 cm³/mol. The molecule has 0 saturated carbocycles. The van der Waals surface area contributed by atoms with E-state index in [1.54, 1.807) is 6.07 Å². The van der Waals surface area contributed by atoms with Gasteiger partial charge in [-0.15, -0.1) is 0 Å². The second kappa shape index (κ2) is 6.68. The van der Waals surface area contributed by atoms with Gasteiger partial charge in [0.25, 0.3) is 0 Å². The number of anilines is 1. The van der Waals surface area contributed by atoms with E-state index < -0.39 is 11.7 Å². The van der Waals surface area contributed by atoms with Gasteiger partial charge in [-0.05, 0) is 51.0 Å². The summed E-state index contributed by atoms with van der Waals surface area (Å²) in [6.07, 6.45) is -4.52. The summed E-state index contributed by atoms with van der Waals surface area (Å²) in [5, 5.41) is 6.83. The average molecular weight is 376 g/mol. The number of carbonyl (C=O) groups excluding carboxylic acids is 1. The zero-order chi connectivity index (χ0) is 19.9. The molecule has 0 atom stereocenters. The summed E-state index contributed by atoms with van der Waals surface area (Å²) >= 11 is 0. The van der Waals surface area contributed by atoms with Gasteiger partial charge in [0, 0.05) is 11.4 Å². The highest BCUT2D eigenvalue weighted by Gasteiger charge is 2.35. The van der Waals surface area contributed by atoms with Gasteiger partial charge in [-0.25, -0.2) is 9.67 Å². The number of hydrogen-bond donors (Lipinski definition) is 1. The number of amides is 1. The van der Waals surface area contributed by atoms with Crippen molar-refractivity contribution in [2.24, 2.45) is 0 Å². The van der Waals surface area contributed by atoms with Crippen LogP contribution in [0.2, 0.25) is 0 Å². The molecule has 8 heteroatoms. The van der Waals surface area contributed by atoms with Crippen molar-refractivity contribution in [2.45, 2.75) is 40.4 Å². The number of nitrogens with zero attached hydrogens (tertiary/aromatic N) is 3. The topological polar surface area (TPSA) is 59.8 Å². The number of aryl methyl sites for hydroxylation is 3. The SMILES string of the molecule is Cc1cc(C(F)(F)F)c2c(C)nn(CC(=O)Nc3cccc(C)c3C)c2n1. The molecule has 2 heterocycles. The first-order valence-corrected chi connectivity index (χ1v) is 8.36. The molecule has 0 unspecified atom stereocenters. The van der Waals surface area contributed by atoms with E-state index in [1.165, 1.54) is 18.5 Å². The number of aromatic nitrogens is 3. The molecule has 0 aliphatic carbocycles. The largest absolute Gasteiger partial charge is 0.417 e. The van der Waals surface area contributed by atoms with Gasteiger partial charge in [0.05, 0.1) is 16.6 Å². The van der Waals surface area contributed by atoms with E-state index >= 15 is 0 Å². The van der Waals surface area contributed by atoms with Gasteiger partial charge in [-0.2, -0.15) is 18.3 Å². The zero-order valence-electron chi connectivity index (χ0n) is 15.4. The van der Waals surface area contributed by atoms with Crippen molar-refractivity contribution < 1.29 is 18.0 Å². The Hall–Kier alpha value is -2.90. The van der Waals surface area contributed by atoms with E-state index in [0.29, 0.717) is 5.69 Å². The third-order valence-electron chi connectivity index (χ3n) is 4.48. The summed E-state index contributed by atoms with van der Waals surface area (Å²) in [5.41, 5.74) is 2.28. The van der Waals surface area contributed by atoms with Crippen molar-refractivity contribution in [1.29, 1.82) is 0 Å². The minimum absolute atomic E-state index is 0.0518. The molecule has 1 N–H and O–H groups in total. The lowest BCUT2D eigenvalue weighted by Crippen LogP contribution is -2.20.